The summed E-state index contributed by atoms with van der Waals surface area (Å²) >= 11 is 4.30. The maximum Gasteiger partial charge on any atom is 0.509 e. The molecule has 0 aliphatic rings. The van der Waals surface area contributed by atoms with Gasteiger partial charge in [0, 0.05) is 14.3 Å². The Balaban J connectivity index is 4.00. The fraction of sp³-hybridized carbons (Fsp3) is 0.667. The van der Waals surface area contributed by atoms with Gasteiger partial charge in [-0.15, -0.1) is 6.42 Å². The molecule has 0 saturated carbocycles. The molecule has 0 unspecified atom stereocenters. The molecule has 1 N–H and O–H groups in total. The van der Waals surface area contributed by atoms with Gasteiger partial charge in [-0.05, 0) is 0 Å². The minimum Gasteiger partial charge on any atom is -0.434 e. The molecule has 0 rings (SSSR count). The lowest BCUT2D eigenvalue weighted by Crippen LogP contribution is -2.35. The van der Waals surface area contributed by atoms with E-state index < -0.39 is 11.6 Å². The number of hydrogen-bond acceptors (Lipinski definition) is 4. The van der Waals surface area contributed by atoms with Gasteiger partial charge < -0.3 is 14.6 Å². The van der Waals surface area contributed by atoms with E-state index in [1.807, 2.05) is 0 Å². The molecule has 0 aromatic rings. The minimum absolute atomic E-state index is 0.0265. The van der Waals surface area contributed by atoms with Crippen LogP contribution in [0.4, 0.5) is 4.79 Å². The highest BCUT2D eigenvalue weighted by Gasteiger charge is 2.29. The predicted molar refractivity (Wildman–Crippen MR) is 73.4 cm³/mol. The minimum atomic E-state index is -0.791. The van der Waals surface area contributed by atoms with Crippen molar-refractivity contribution in [2.75, 3.05) is 28.7 Å². The number of alkyl halides is 2. The summed E-state index contributed by atoms with van der Waals surface area (Å²) < 4.78 is 10.8. The van der Waals surface area contributed by atoms with Crippen LogP contribution < -0.4 is 0 Å². The lowest BCUT2D eigenvalue weighted by atomic mass is 9.96. The second-order valence-corrected chi connectivity index (χ2v) is 4.48. The fourth-order valence-electron chi connectivity index (χ4n) is 0.597. The van der Waals surface area contributed by atoms with E-state index in [2.05, 4.69) is 55.8 Å². The highest BCUT2D eigenvalue weighted by Crippen LogP contribution is 2.23. The molecule has 0 aromatic carbocycles. The smallest absolute Gasteiger partial charge is 0.434 e. The van der Waals surface area contributed by atoms with Crippen molar-refractivity contribution >= 4 is 51.3 Å². The molecule has 0 amide bonds. The van der Waals surface area contributed by atoms with Crippen molar-refractivity contribution in [2.24, 2.45) is 5.41 Å². The molecule has 0 saturated heterocycles. The van der Waals surface area contributed by atoms with Crippen LogP contribution in [0.5, 0.6) is 0 Å². The summed E-state index contributed by atoms with van der Waals surface area (Å²) in [5.74, 6) is 2.16. The van der Waals surface area contributed by atoms with E-state index in [1.165, 1.54) is 0 Å². The molecule has 0 bridgehead atoms. The number of terminal acetylenes is 1. The van der Waals surface area contributed by atoms with E-state index in [9.17, 15) is 9.90 Å². The molecule has 0 aliphatic carbocycles. The van der Waals surface area contributed by atoms with Gasteiger partial charge in [-0.25, -0.2) is 4.79 Å². The second-order valence-electron chi connectivity index (χ2n) is 2.96. The molecule has 86 valence electrons. The maximum absolute atomic E-state index is 11.0. The third-order valence-electron chi connectivity index (χ3n) is 1.67. The Morgan fingerprint density at radius 2 is 2.00 bits per heavy atom. The number of carbonyl (C=O) groups excluding carboxylic acids is 1. The van der Waals surface area contributed by atoms with Gasteiger partial charge in [0.2, 0.25) is 0 Å². The average molecular weight is 438 g/mol. The highest BCUT2D eigenvalue weighted by atomic mass is 127. The van der Waals surface area contributed by atoms with Crippen LogP contribution in [0.1, 0.15) is 0 Å². The maximum atomic E-state index is 11.0. The number of carbonyl (C=O) groups is 1. The Morgan fingerprint density at radius 1 is 1.40 bits per heavy atom. The zero-order chi connectivity index (χ0) is 11.7. The summed E-state index contributed by atoms with van der Waals surface area (Å²) in [5.41, 5.74) is -0.393. The van der Waals surface area contributed by atoms with E-state index >= 15 is 0 Å². The molecule has 0 fully saturated rings. The Kier molecular flexibility index (Phi) is 8.55. The van der Waals surface area contributed by atoms with Gasteiger partial charge in [0.15, 0.2) is 6.61 Å². The second kappa shape index (κ2) is 8.41. The quantitative estimate of drug-likeness (QED) is 0.297. The van der Waals surface area contributed by atoms with Crippen molar-refractivity contribution in [3.05, 3.63) is 0 Å². The highest BCUT2D eigenvalue weighted by molar-refractivity contribution is 14.1. The summed E-state index contributed by atoms with van der Waals surface area (Å²) in [6.07, 6.45) is 4.12. The number of aliphatic hydroxyl groups is 1. The van der Waals surface area contributed by atoms with Gasteiger partial charge >= 0.3 is 6.16 Å². The number of rotatable bonds is 6. The zero-order valence-corrected chi connectivity index (χ0v) is 12.4. The Hall–Kier alpha value is 0.250. The van der Waals surface area contributed by atoms with Crippen LogP contribution in [0.25, 0.3) is 0 Å². The van der Waals surface area contributed by atoms with E-state index in [-0.39, 0.29) is 19.8 Å². The Labute approximate surface area is 116 Å². The normalized spacial score (nSPS) is 10.5. The first-order valence-electron chi connectivity index (χ1n) is 4.10. The fourth-order valence-corrected chi connectivity index (χ4v) is 3.09. The molecule has 0 aromatic heterocycles. The summed E-state index contributed by atoms with van der Waals surface area (Å²) in [6.45, 7) is 0.0134. The van der Waals surface area contributed by atoms with E-state index in [4.69, 9.17) is 11.2 Å². The number of hydrogen-bond donors (Lipinski definition) is 1. The van der Waals surface area contributed by atoms with Crippen molar-refractivity contribution in [1.82, 2.24) is 0 Å². The topological polar surface area (TPSA) is 55.8 Å². The van der Waals surface area contributed by atoms with Crippen molar-refractivity contribution in [3.63, 3.8) is 0 Å². The SMILES string of the molecule is C#CCOC(=O)OCC(CO)(CI)CI. The average Bonchev–Trinajstić information content (AvgIpc) is 2.29. The molecule has 0 spiro atoms. The molecule has 0 atom stereocenters. The van der Waals surface area contributed by atoms with Gasteiger partial charge in [-0.3, -0.25) is 0 Å². The Morgan fingerprint density at radius 3 is 2.40 bits per heavy atom. The molecule has 0 aliphatic heterocycles. The molecular formula is C9H12I2O4. The van der Waals surface area contributed by atoms with Crippen LogP contribution in [0.15, 0.2) is 0 Å². The standard InChI is InChI=1S/C9H12I2O4/c1-2-3-14-8(13)15-7-9(4-10,5-11)6-12/h1,12H,3-7H2. The summed E-state index contributed by atoms with van der Waals surface area (Å²) in [7, 11) is 0. The van der Waals surface area contributed by atoms with Gasteiger partial charge in [0.1, 0.15) is 6.61 Å². The lowest BCUT2D eigenvalue weighted by molar-refractivity contribution is 0.0244. The van der Waals surface area contributed by atoms with E-state index in [1.54, 1.807) is 0 Å². The molecule has 0 heterocycles. The van der Waals surface area contributed by atoms with Crippen LogP contribution >= 0.6 is 45.2 Å². The monoisotopic (exact) mass is 438 g/mol. The van der Waals surface area contributed by atoms with E-state index in [0.29, 0.717) is 8.86 Å². The van der Waals surface area contributed by atoms with Crippen molar-refractivity contribution in [2.45, 2.75) is 0 Å². The first kappa shape index (κ1) is 15.2. The first-order valence-corrected chi connectivity index (χ1v) is 7.15. The summed E-state index contributed by atoms with van der Waals surface area (Å²) in [4.78, 5) is 11.0. The van der Waals surface area contributed by atoms with E-state index in [0.717, 1.165) is 0 Å². The van der Waals surface area contributed by atoms with Gasteiger partial charge in [-0.1, -0.05) is 51.1 Å². The van der Waals surface area contributed by atoms with Crippen LogP contribution in [-0.4, -0.2) is 39.9 Å². The van der Waals surface area contributed by atoms with Crippen LogP contribution in [0, 0.1) is 17.8 Å². The largest absolute Gasteiger partial charge is 0.509 e. The molecule has 0 radical (unpaired) electrons. The first-order chi connectivity index (χ1) is 7.14. The number of halogens is 2. The van der Waals surface area contributed by atoms with Gasteiger partial charge in [0.05, 0.1) is 6.61 Å². The van der Waals surface area contributed by atoms with Gasteiger partial charge in [0.25, 0.3) is 0 Å². The lowest BCUT2D eigenvalue weighted by Gasteiger charge is -2.26. The number of aliphatic hydroxyl groups excluding tert-OH is 1. The zero-order valence-electron chi connectivity index (χ0n) is 8.04. The Bertz CT molecular complexity index is 224. The van der Waals surface area contributed by atoms with Crippen LogP contribution in [-0.2, 0) is 9.47 Å². The van der Waals surface area contributed by atoms with Crippen LogP contribution in [0.3, 0.4) is 0 Å². The van der Waals surface area contributed by atoms with Gasteiger partial charge in [-0.2, -0.15) is 0 Å². The molecule has 6 heteroatoms. The van der Waals surface area contributed by atoms with Crippen molar-refractivity contribution < 1.29 is 19.4 Å². The molecule has 4 nitrogen and oxygen atoms in total. The third-order valence-corrected chi connectivity index (χ3v) is 4.91. The van der Waals surface area contributed by atoms with Crippen molar-refractivity contribution in [1.29, 1.82) is 0 Å². The molecular weight excluding hydrogens is 426 g/mol. The van der Waals surface area contributed by atoms with Crippen molar-refractivity contribution in [3.8, 4) is 12.3 Å². The van der Waals surface area contributed by atoms with Crippen LogP contribution in [0.2, 0.25) is 0 Å². The molecule has 15 heavy (non-hydrogen) atoms. The summed E-state index contributed by atoms with van der Waals surface area (Å²) in [6, 6.07) is 0. The predicted octanol–water partition coefficient (Wildman–Crippen LogP) is 1.62. The third kappa shape index (κ3) is 5.77. The number of ether oxygens (including phenoxy) is 2. The summed E-state index contributed by atoms with van der Waals surface area (Å²) in [5, 5.41) is 9.19.